The van der Waals surface area contributed by atoms with E-state index < -0.39 is 0 Å². The number of benzene rings is 1. The van der Waals surface area contributed by atoms with Gasteiger partial charge in [0.25, 0.3) is 0 Å². The Morgan fingerprint density at radius 2 is 1.89 bits per heavy atom. The Hall–Kier alpha value is -2.43. The molecule has 0 aliphatic rings. The molecule has 0 radical (unpaired) electrons. The van der Waals surface area contributed by atoms with Crippen molar-refractivity contribution in [3.05, 3.63) is 41.7 Å². The van der Waals surface area contributed by atoms with Crippen LogP contribution < -0.4 is 5.84 Å². The molecule has 5 heteroatoms. The van der Waals surface area contributed by atoms with Crippen LogP contribution in [0.4, 0.5) is 0 Å². The fraction of sp³-hybridized carbons (Fsp3) is 0.154. The maximum Gasteiger partial charge on any atom is 0.115 e. The Labute approximate surface area is 104 Å². The van der Waals surface area contributed by atoms with Gasteiger partial charge in [-0.15, -0.1) is 0 Å². The Balaban J connectivity index is 2.24. The first kappa shape index (κ1) is 10.7. The number of fused-ring (bicyclic) bond motifs is 1. The maximum absolute atomic E-state index is 5.56. The third kappa shape index (κ3) is 1.69. The average molecular weight is 239 g/mol. The Morgan fingerprint density at radius 1 is 1.06 bits per heavy atom. The van der Waals surface area contributed by atoms with E-state index in [0.29, 0.717) is 0 Å². The van der Waals surface area contributed by atoms with E-state index in [0.717, 1.165) is 28.1 Å². The lowest BCUT2D eigenvalue weighted by Crippen LogP contribution is -2.08. The highest BCUT2D eigenvalue weighted by Crippen LogP contribution is 2.21. The molecule has 3 rings (SSSR count). The minimum Gasteiger partial charge on any atom is -0.323 e. The summed E-state index contributed by atoms with van der Waals surface area (Å²) in [6.07, 6.45) is 1.69. The van der Waals surface area contributed by atoms with Crippen LogP contribution in [-0.4, -0.2) is 19.9 Å². The van der Waals surface area contributed by atoms with Gasteiger partial charge in [-0.2, -0.15) is 9.89 Å². The van der Waals surface area contributed by atoms with Crippen molar-refractivity contribution >= 4 is 11.0 Å². The van der Waals surface area contributed by atoms with Crippen molar-refractivity contribution in [1.29, 1.82) is 0 Å². The molecular weight excluding hydrogens is 226 g/mol. The predicted molar refractivity (Wildman–Crippen MR) is 70.4 cm³/mol. The van der Waals surface area contributed by atoms with Crippen molar-refractivity contribution in [2.75, 3.05) is 5.84 Å². The van der Waals surface area contributed by atoms with Crippen LogP contribution in [0, 0.1) is 13.8 Å². The van der Waals surface area contributed by atoms with Crippen molar-refractivity contribution in [2.24, 2.45) is 0 Å². The van der Waals surface area contributed by atoms with E-state index in [1.54, 1.807) is 6.20 Å². The molecule has 1 aromatic carbocycles. The second-order valence-corrected chi connectivity index (χ2v) is 4.33. The van der Waals surface area contributed by atoms with Crippen LogP contribution in [0.15, 0.2) is 30.5 Å². The number of hydrogen-bond donors (Lipinski definition) is 1. The topological polar surface area (TPSA) is 69.6 Å². The molecule has 0 atom stereocenters. The van der Waals surface area contributed by atoms with Gasteiger partial charge in [0, 0.05) is 6.20 Å². The summed E-state index contributed by atoms with van der Waals surface area (Å²) >= 11 is 0. The van der Waals surface area contributed by atoms with Crippen LogP contribution in [0.2, 0.25) is 0 Å². The summed E-state index contributed by atoms with van der Waals surface area (Å²) in [5.41, 5.74) is 5.32. The van der Waals surface area contributed by atoms with E-state index in [-0.39, 0.29) is 0 Å². The minimum absolute atomic E-state index is 0.741. The van der Waals surface area contributed by atoms with Gasteiger partial charge in [0.05, 0.1) is 16.7 Å². The van der Waals surface area contributed by atoms with Gasteiger partial charge in [0.15, 0.2) is 0 Å². The monoisotopic (exact) mass is 239 g/mol. The molecule has 18 heavy (non-hydrogen) atoms. The largest absolute Gasteiger partial charge is 0.323 e. The van der Waals surface area contributed by atoms with Gasteiger partial charge in [0.2, 0.25) is 0 Å². The van der Waals surface area contributed by atoms with E-state index in [4.69, 9.17) is 5.84 Å². The van der Waals surface area contributed by atoms with Crippen LogP contribution in [0.25, 0.3) is 22.4 Å². The van der Waals surface area contributed by atoms with Gasteiger partial charge in [-0.25, -0.2) is 9.97 Å². The van der Waals surface area contributed by atoms with Gasteiger partial charge in [0.1, 0.15) is 11.4 Å². The molecule has 0 saturated carbocycles. The molecule has 3 aromatic rings. The van der Waals surface area contributed by atoms with Gasteiger partial charge in [-0.05, 0) is 37.6 Å². The molecule has 0 bridgehead atoms. The molecule has 0 aliphatic heterocycles. The summed E-state index contributed by atoms with van der Waals surface area (Å²) in [5, 5.41) is 4.16. The van der Waals surface area contributed by atoms with Gasteiger partial charge in [-0.1, -0.05) is 6.07 Å². The molecule has 0 amide bonds. The van der Waals surface area contributed by atoms with Gasteiger partial charge >= 0.3 is 0 Å². The number of aromatic nitrogens is 4. The molecule has 0 fully saturated rings. The summed E-state index contributed by atoms with van der Waals surface area (Å²) in [5.74, 6) is 5.56. The quantitative estimate of drug-likeness (QED) is 0.658. The molecule has 0 aliphatic carbocycles. The van der Waals surface area contributed by atoms with Crippen molar-refractivity contribution < 1.29 is 0 Å². The zero-order valence-electron chi connectivity index (χ0n) is 10.3. The van der Waals surface area contributed by atoms with E-state index in [1.807, 2.05) is 38.1 Å². The molecule has 90 valence electrons. The molecule has 5 nitrogen and oxygen atoms in total. The van der Waals surface area contributed by atoms with E-state index >= 15 is 0 Å². The first-order valence-electron chi connectivity index (χ1n) is 5.69. The van der Waals surface area contributed by atoms with Gasteiger partial charge < -0.3 is 5.84 Å². The molecule has 0 saturated heterocycles. The van der Waals surface area contributed by atoms with E-state index in [9.17, 15) is 0 Å². The normalized spacial score (nSPS) is 11.0. The first-order valence-corrected chi connectivity index (χ1v) is 5.69. The average Bonchev–Trinajstić information content (AvgIpc) is 2.74. The van der Waals surface area contributed by atoms with Crippen molar-refractivity contribution in [2.45, 2.75) is 13.8 Å². The highest BCUT2D eigenvalue weighted by molar-refractivity contribution is 5.78. The lowest BCUT2D eigenvalue weighted by atomic mass is 10.2. The first-order chi connectivity index (χ1) is 8.63. The van der Waals surface area contributed by atoms with Crippen LogP contribution >= 0.6 is 0 Å². The second kappa shape index (κ2) is 3.80. The number of rotatable bonds is 1. The predicted octanol–water partition coefficient (Wildman–Crippen LogP) is 1.82. The highest BCUT2D eigenvalue weighted by atomic mass is 15.5. The number of nitrogens with two attached hydrogens (primary N) is 1. The summed E-state index contributed by atoms with van der Waals surface area (Å²) in [6.45, 7) is 3.97. The van der Waals surface area contributed by atoms with Crippen LogP contribution in [-0.2, 0) is 0 Å². The minimum atomic E-state index is 0.741. The van der Waals surface area contributed by atoms with Crippen molar-refractivity contribution in [1.82, 2.24) is 19.9 Å². The molecule has 0 unspecified atom stereocenters. The third-order valence-corrected chi connectivity index (χ3v) is 2.84. The smallest absolute Gasteiger partial charge is 0.115 e. The van der Waals surface area contributed by atoms with Crippen LogP contribution in [0.5, 0.6) is 0 Å². The van der Waals surface area contributed by atoms with Crippen molar-refractivity contribution in [3.8, 4) is 11.4 Å². The standard InChI is InChI=1S/C13H13N5/c1-8-3-4-10-12(7-8)15-9(2)13(16-10)11-5-6-18(14)17-11/h3-7H,14H2,1-2H3. The molecular formula is C13H13N5. The molecule has 2 heterocycles. The van der Waals surface area contributed by atoms with E-state index in [2.05, 4.69) is 15.1 Å². The maximum atomic E-state index is 5.56. The SMILES string of the molecule is Cc1ccc2nc(-c3ccn(N)n3)c(C)nc2c1. The Kier molecular flexibility index (Phi) is 2.26. The van der Waals surface area contributed by atoms with E-state index in [1.165, 1.54) is 10.4 Å². The number of nitrogen functional groups attached to an aromatic ring is 1. The molecule has 2 aromatic heterocycles. The highest BCUT2D eigenvalue weighted by Gasteiger charge is 2.10. The zero-order chi connectivity index (χ0) is 12.7. The number of hydrogen-bond acceptors (Lipinski definition) is 4. The van der Waals surface area contributed by atoms with Gasteiger partial charge in [-0.3, -0.25) is 0 Å². The second-order valence-electron chi connectivity index (χ2n) is 4.33. The van der Waals surface area contributed by atoms with Crippen molar-refractivity contribution in [3.63, 3.8) is 0 Å². The summed E-state index contributed by atoms with van der Waals surface area (Å²) < 4.78 is 0. The summed E-state index contributed by atoms with van der Waals surface area (Å²) in [6, 6.07) is 7.86. The Bertz CT molecular complexity index is 729. The lowest BCUT2D eigenvalue weighted by molar-refractivity contribution is 0.833. The fourth-order valence-electron chi connectivity index (χ4n) is 1.96. The van der Waals surface area contributed by atoms with Crippen LogP contribution in [0.1, 0.15) is 11.3 Å². The third-order valence-electron chi connectivity index (χ3n) is 2.84. The Morgan fingerprint density at radius 3 is 2.61 bits per heavy atom. The molecule has 0 spiro atoms. The summed E-state index contributed by atoms with van der Waals surface area (Å²) in [4.78, 5) is 10.4. The zero-order valence-corrected chi connectivity index (χ0v) is 10.3. The number of aryl methyl sites for hydroxylation is 2. The number of nitrogens with zero attached hydrogens (tertiary/aromatic N) is 4. The fourth-order valence-corrected chi connectivity index (χ4v) is 1.96. The summed E-state index contributed by atoms with van der Waals surface area (Å²) in [7, 11) is 0. The lowest BCUT2D eigenvalue weighted by Gasteiger charge is -2.04. The molecule has 2 N–H and O–H groups in total. The van der Waals surface area contributed by atoms with Crippen LogP contribution in [0.3, 0.4) is 0 Å².